The monoisotopic (exact) mass is 299 g/mol. The molecule has 1 aliphatic rings. The van der Waals surface area contributed by atoms with Crippen LogP contribution in [0, 0.1) is 0 Å². The lowest BCUT2D eigenvalue weighted by atomic mass is 10.0. The lowest BCUT2D eigenvalue weighted by molar-refractivity contribution is 0.0940. The van der Waals surface area contributed by atoms with E-state index in [0.717, 1.165) is 12.0 Å². The molecule has 2 nitrogen and oxygen atoms in total. The van der Waals surface area contributed by atoms with Gasteiger partial charge < -0.3 is 5.32 Å². The Labute approximate surface area is 130 Å². The van der Waals surface area contributed by atoms with E-state index in [-0.39, 0.29) is 11.9 Å². The minimum atomic E-state index is -0.0698. The summed E-state index contributed by atoms with van der Waals surface area (Å²) in [4.78, 5) is 12.2. The summed E-state index contributed by atoms with van der Waals surface area (Å²) in [6, 6.07) is 13.5. The van der Waals surface area contributed by atoms with Gasteiger partial charge in [0, 0.05) is 10.6 Å². The van der Waals surface area contributed by atoms with E-state index in [1.807, 2.05) is 6.92 Å². The molecule has 0 saturated carbocycles. The molecule has 1 atom stereocenters. The van der Waals surface area contributed by atoms with Gasteiger partial charge in [0.15, 0.2) is 0 Å². The fourth-order valence-corrected chi connectivity index (χ4v) is 2.95. The Balaban J connectivity index is 1.72. The SMILES string of the molecule is C[C@@H](NC(=O)c1ccc(Cl)cc1)c1ccc2c(c1)CCC2. The Hall–Kier alpha value is -1.80. The Bertz CT molecular complexity index is 663. The van der Waals surface area contributed by atoms with Gasteiger partial charge in [-0.3, -0.25) is 4.79 Å². The first-order chi connectivity index (χ1) is 10.1. The highest BCUT2D eigenvalue weighted by Gasteiger charge is 2.15. The van der Waals surface area contributed by atoms with E-state index in [0.29, 0.717) is 10.6 Å². The van der Waals surface area contributed by atoms with Gasteiger partial charge in [-0.1, -0.05) is 29.8 Å². The summed E-state index contributed by atoms with van der Waals surface area (Å²) < 4.78 is 0. The Morgan fingerprint density at radius 2 is 1.81 bits per heavy atom. The van der Waals surface area contributed by atoms with E-state index in [4.69, 9.17) is 11.6 Å². The molecule has 0 radical (unpaired) electrons. The van der Waals surface area contributed by atoms with Gasteiger partial charge >= 0.3 is 0 Å². The van der Waals surface area contributed by atoms with Crippen LogP contribution in [-0.4, -0.2) is 5.91 Å². The Kier molecular flexibility index (Phi) is 3.98. The van der Waals surface area contributed by atoms with Crippen LogP contribution < -0.4 is 5.32 Å². The fourth-order valence-electron chi connectivity index (χ4n) is 2.83. The van der Waals surface area contributed by atoms with E-state index in [9.17, 15) is 4.79 Å². The van der Waals surface area contributed by atoms with Gasteiger partial charge in [0.1, 0.15) is 0 Å². The first-order valence-electron chi connectivity index (χ1n) is 7.31. The number of aryl methyl sites for hydroxylation is 2. The van der Waals surface area contributed by atoms with E-state index in [1.54, 1.807) is 24.3 Å². The van der Waals surface area contributed by atoms with Crippen LogP contribution in [0.4, 0.5) is 0 Å². The van der Waals surface area contributed by atoms with Crippen molar-refractivity contribution in [2.75, 3.05) is 0 Å². The molecule has 3 rings (SSSR count). The molecular formula is C18H18ClNO. The third-order valence-electron chi connectivity index (χ3n) is 4.08. The molecule has 1 amide bonds. The van der Waals surface area contributed by atoms with Crippen LogP contribution in [0.2, 0.25) is 5.02 Å². The van der Waals surface area contributed by atoms with Crippen LogP contribution in [0.25, 0.3) is 0 Å². The van der Waals surface area contributed by atoms with Crippen molar-refractivity contribution in [3.05, 3.63) is 69.7 Å². The van der Waals surface area contributed by atoms with Gasteiger partial charge in [-0.25, -0.2) is 0 Å². The first kappa shape index (κ1) is 14.2. The minimum Gasteiger partial charge on any atom is -0.346 e. The highest BCUT2D eigenvalue weighted by atomic mass is 35.5. The normalized spacial score (nSPS) is 14.6. The van der Waals surface area contributed by atoms with Gasteiger partial charge in [0.25, 0.3) is 5.91 Å². The summed E-state index contributed by atoms with van der Waals surface area (Å²) in [6.07, 6.45) is 3.58. The Morgan fingerprint density at radius 1 is 1.10 bits per heavy atom. The highest BCUT2D eigenvalue weighted by Crippen LogP contribution is 2.25. The largest absolute Gasteiger partial charge is 0.346 e. The van der Waals surface area contributed by atoms with E-state index >= 15 is 0 Å². The Morgan fingerprint density at radius 3 is 2.57 bits per heavy atom. The van der Waals surface area contributed by atoms with Crippen molar-refractivity contribution in [2.24, 2.45) is 0 Å². The van der Waals surface area contributed by atoms with Crippen molar-refractivity contribution in [3.8, 4) is 0 Å². The average Bonchev–Trinajstić information content (AvgIpc) is 2.95. The fraction of sp³-hybridized carbons (Fsp3) is 0.278. The lowest BCUT2D eigenvalue weighted by Crippen LogP contribution is -2.26. The zero-order chi connectivity index (χ0) is 14.8. The predicted molar refractivity (Wildman–Crippen MR) is 85.8 cm³/mol. The molecule has 0 saturated heterocycles. The second kappa shape index (κ2) is 5.90. The molecule has 0 unspecified atom stereocenters. The summed E-state index contributed by atoms with van der Waals surface area (Å²) in [5, 5.41) is 3.68. The lowest BCUT2D eigenvalue weighted by Gasteiger charge is -2.15. The van der Waals surface area contributed by atoms with Crippen LogP contribution in [0.3, 0.4) is 0 Å². The highest BCUT2D eigenvalue weighted by molar-refractivity contribution is 6.30. The third-order valence-corrected chi connectivity index (χ3v) is 4.33. The molecule has 3 heteroatoms. The molecule has 2 aromatic carbocycles. The summed E-state index contributed by atoms with van der Waals surface area (Å²) in [7, 11) is 0. The number of fused-ring (bicyclic) bond motifs is 1. The van der Waals surface area contributed by atoms with E-state index in [1.165, 1.54) is 24.0 Å². The predicted octanol–water partition coefficient (Wildman–Crippen LogP) is 4.32. The van der Waals surface area contributed by atoms with Gasteiger partial charge in [0.2, 0.25) is 0 Å². The number of carbonyl (C=O) groups is 1. The molecule has 0 heterocycles. The molecule has 0 aliphatic heterocycles. The second-order valence-electron chi connectivity index (χ2n) is 5.58. The first-order valence-corrected chi connectivity index (χ1v) is 7.69. The smallest absolute Gasteiger partial charge is 0.251 e. The van der Waals surface area contributed by atoms with Crippen molar-refractivity contribution < 1.29 is 4.79 Å². The van der Waals surface area contributed by atoms with Crippen molar-refractivity contribution >= 4 is 17.5 Å². The minimum absolute atomic E-state index is 0.000854. The van der Waals surface area contributed by atoms with E-state index in [2.05, 4.69) is 23.5 Å². The summed E-state index contributed by atoms with van der Waals surface area (Å²) in [5.74, 6) is -0.0698. The van der Waals surface area contributed by atoms with Gasteiger partial charge in [0.05, 0.1) is 6.04 Å². The second-order valence-corrected chi connectivity index (χ2v) is 6.02. The maximum absolute atomic E-state index is 12.2. The molecule has 0 aromatic heterocycles. The standard InChI is InChI=1S/C18H18ClNO/c1-12(15-6-5-13-3-2-4-16(13)11-15)20-18(21)14-7-9-17(19)10-8-14/h5-12H,2-4H2,1H3,(H,20,21)/t12-/m1/s1. The topological polar surface area (TPSA) is 29.1 Å². The molecular weight excluding hydrogens is 282 g/mol. The number of hydrogen-bond acceptors (Lipinski definition) is 1. The van der Waals surface area contributed by atoms with Gasteiger partial charge in [-0.05, 0) is 67.1 Å². The molecule has 21 heavy (non-hydrogen) atoms. The van der Waals surface area contributed by atoms with Crippen molar-refractivity contribution in [1.82, 2.24) is 5.32 Å². The van der Waals surface area contributed by atoms with Crippen LogP contribution in [0.1, 0.15) is 46.4 Å². The third kappa shape index (κ3) is 3.11. The number of carbonyl (C=O) groups excluding carboxylic acids is 1. The maximum Gasteiger partial charge on any atom is 0.251 e. The molecule has 1 N–H and O–H groups in total. The molecule has 0 fully saturated rings. The zero-order valence-corrected chi connectivity index (χ0v) is 12.8. The molecule has 0 spiro atoms. The number of benzene rings is 2. The number of hydrogen-bond donors (Lipinski definition) is 1. The van der Waals surface area contributed by atoms with E-state index < -0.39 is 0 Å². The molecule has 108 valence electrons. The van der Waals surface area contributed by atoms with Crippen LogP contribution >= 0.6 is 11.6 Å². The van der Waals surface area contributed by atoms with Crippen LogP contribution in [0.15, 0.2) is 42.5 Å². The number of halogens is 1. The number of nitrogens with one attached hydrogen (secondary N) is 1. The molecule has 2 aromatic rings. The summed E-state index contributed by atoms with van der Waals surface area (Å²) >= 11 is 5.84. The summed E-state index contributed by atoms with van der Waals surface area (Å²) in [6.45, 7) is 2.02. The zero-order valence-electron chi connectivity index (χ0n) is 12.0. The van der Waals surface area contributed by atoms with Crippen molar-refractivity contribution in [2.45, 2.75) is 32.2 Å². The summed E-state index contributed by atoms with van der Waals surface area (Å²) in [5.41, 5.74) is 4.68. The van der Waals surface area contributed by atoms with Crippen molar-refractivity contribution in [3.63, 3.8) is 0 Å². The van der Waals surface area contributed by atoms with Gasteiger partial charge in [-0.2, -0.15) is 0 Å². The van der Waals surface area contributed by atoms with Crippen LogP contribution in [0.5, 0.6) is 0 Å². The number of amides is 1. The average molecular weight is 300 g/mol. The number of rotatable bonds is 3. The quantitative estimate of drug-likeness (QED) is 0.898. The maximum atomic E-state index is 12.2. The molecule has 0 bridgehead atoms. The van der Waals surface area contributed by atoms with Gasteiger partial charge in [-0.15, -0.1) is 0 Å². The van der Waals surface area contributed by atoms with Crippen molar-refractivity contribution in [1.29, 1.82) is 0 Å². The van der Waals surface area contributed by atoms with Crippen LogP contribution in [-0.2, 0) is 12.8 Å². The molecule has 1 aliphatic carbocycles.